The molecule has 20 heavy (non-hydrogen) atoms. The number of nitrogens with zero attached hydrogens (tertiary/aromatic N) is 3. The summed E-state index contributed by atoms with van der Waals surface area (Å²) in [5, 5.41) is 8.08. The summed E-state index contributed by atoms with van der Waals surface area (Å²) in [5.41, 5.74) is 3.95. The Bertz CT molecular complexity index is 395. The van der Waals surface area contributed by atoms with Crippen molar-refractivity contribution in [3.63, 3.8) is 0 Å². The molecule has 0 aliphatic heterocycles. The van der Waals surface area contributed by atoms with Crippen LogP contribution in [-0.4, -0.2) is 47.9 Å². The molecule has 116 valence electrons. The molecule has 4 heteroatoms. The third kappa shape index (κ3) is 5.25. The molecular formula is C16H32N4. The zero-order valence-corrected chi connectivity index (χ0v) is 14.2. The lowest BCUT2D eigenvalue weighted by molar-refractivity contribution is 0.332. The van der Waals surface area contributed by atoms with Crippen LogP contribution in [-0.2, 0) is 13.0 Å². The molecule has 0 aliphatic carbocycles. The number of rotatable bonds is 9. The van der Waals surface area contributed by atoms with Gasteiger partial charge in [0.1, 0.15) is 0 Å². The summed E-state index contributed by atoms with van der Waals surface area (Å²) in [6.07, 6.45) is 1.10. The van der Waals surface area contributed by atoms with Gasteiger partial charge in [0.15, 0.2) is 0 Å². The van der Waals surface area contributed by atoms with E-state index in [0.717, 1.165) is 45.1 Å². The lowest BCUT2D eigenvalue weighted by atomic mass is 10.1. The monoisotopic (exact) mass is 280 g/mol. The van der Waals surface area contributed by atoms with Crippen LogP contribution in [0.2, 0.25) is 0 Å². The Labute approximate surface area is 124 Å². The van der Waals surface area contributed by atoms with Gasteiger partial charge in [-0.2, -0.15) is 5.10 Å². The van der Waals surface area contributed by atoms with Crippen molar-refractivity contribution in [2.24, 2.45) is 5.92 Å². The molecule has 0 amide bonds. The van der Waals surface area contributed by atoms with Gasteiger partial charge < -0.3 is 10.2 Å². The fourth-order valence-corrected chi connectivity index (χ4v) is 2.48. The van der Waals surface area contributed by atoms with E-state index in [4.69, 9.17) is 0 Å². The minimum atomic E-state index is 0.727. The average Bonchev–Trinajstić information content (AvgIpc) is 2.67. The Morgan fingerprint density at radius 1 is 1.25 bits per heavy atom. The largest absolute Gasteiger partial charge is 0.315 e. The standard InChI is InChI=1S/C16H32N4/c1-7-20-15(5)16(14(4)18-20)8-10-19(6)11-9-17-12-13(2)3/h13,17H,7-12H2,1-6H3. The van der Waals surface area contributed by atoms with Gasteiger partial charge in [-0.25, -0.2) is 0 Å². The maximum Gasteiger partial charge on any atom is 0.0628 e. The first kappa shape index (κ1) is 17.2. The van der Waals surface area contributed by atoms with E-state index in [9.17, 15) is 0 Å². The van der Waals surface area contributed by atoms with Gasteiger partial charge in [0, 0.05) is 31.9 Å². The van der Waals surface area contributed by atoms with E-state index in [2.05, 4.69) is 61.7 Å². The second-order valence-corrected chi connectivity index (χ2v) is 6.12. The van der Waals surface area contributed by atoms with Crippen LogP contribution in [0.25, 0.3) is 0 Å². The summed E-state index contributed by atoms with van der Waals surface area (Å²) in [4.78, 5) is 2.40. The summed E-state index contributed by atoms with van der Waals surface area (Å²) in [5.74, 6) is 0.727. The highest BCUT2D eigenvalue weighted by molar-refractivity contribution is 5.24. The van der Waals surface area contributed by atoms with Crippen LogP contribution in [0.4, 0.5) is 0 Å². The van der Waals surface area contributed by atoms with E-state index >= 15 is 0 Å². The summed E-state index contributed by atoms with van der Waals surface area (Å²) < 4.78 is 2.11. The van der Waals surface area contributed by atoms with Gasteiger partial charge in [-0.1, -0.05) is 13.8 Å². The molecule has 0 saturated heterocycles. The van der Waals surface area contributed by atoms with Gasteiger partial charge in [0.05, 0.1) is 5.69 Å². The Morgan fingerprint density at radius 3 is 2.50 bits per heavy atom. The minimum Gasteiger partial charge on any atom is -0.315 e. The number of likely N-dealkylation sites (N-methyl/N-ethyl adjacent to an activating group) is 1. The molecule has 4 nitrogen and oxygen atoms in total. The van der Waals surface area contributed by atoms with Gasteiger partial charge in [-0.15, -0.1) is 0 Å². The van der Waals surface area contributed by atoms with Crippen LogP contribution in [0, 0.1) is 19.8 Å². The molecular weight excluding hydrogens is 248 g/mol. The van der Waals surface area contributed by atoms with Crippen LogP contribution in [0.15, 0.2) is 0 Å². The average molecular weight is 280 g/mol. The van der Waals surface area contributed by atoms with Gasteiger partial charge in [-0.3, -0.25) is 4.68 Å². The molecule has 0 bridgehead atoms. The Kier molecular flexibility index (Phi) is 7.24. The summed E-state index contributed by atoms with van der Waals surface area (Å²) >= 11 is 0. The van der Waals surface area contributed by atoms with Crippen LogP contribution >= 0.6 is 0 Å². The van der Waals surface area contributed by atoms with Crippen LogP contribution in [0.5, 0.6) is 0 Å². The second-order valence-electron chi connectivity index (χ2n) is 6.12. The van der Waals surface area contributed by atoms with Crippen molar-refractivity contribution in [3.8, 4) is 0 Å². The molecule has 0 aromatic carbocycles. The molecule has 0 radical (unpaired) electrons. The molecule has 1 rings (SSSR count). The fourth-order valence-electron chi connectivity index (χ4n) is 2.48. The molecule has 0 aliphatic rings. The Balaban J connectivity index is 2.34. The zero-order valence-electron chi connectivity index (χ0n) is 14.2. The van der Waals surface area contributed by atoms with Crippen molar-refractivity contribution >= 4 is 0 Å². The van der Waals surface area contributed by atoms with Crippen LogP contribution < -0.4 is 5.32 Å². The minimum absolute atomic E-state index is 0.727. The number of aromatic nitrogens is 2. The van der Waals surface area contributed by atoms with Crippen LogP contribution in [0.1, 0.15) is 37.7 Å². The number of nitrogens with one attached hydrogen (secondary N) is 1. The number of aryl methyl sites for hydroxylation is 2. The molecule has 0 atom stereocenters. The van der Waals surface area contributed by atoms with Crippen molar-refractivity contribution in [2.45, 2.75) is 47.6 Å². The first-order valence-electron chi connectivity index (χ1n) is 7.87. The topological polar surface area (TPSA) is 33.1 Å². The van der Waals surface area contributed by atoms with Gasteiger partial charge in [-0.05, 0) is 52.3 Å². The maximum absolute atomic E-state index is 4.59. The second kappa shape index (κ2) is 8.42. The number of hydrogen-bond donors (Lipinski definition) is 1. The van der Waals surface area contributed by atoms with Gasteiger partial charge in [0.2, 0.25) is 0 Å². The first-order chi connectivity index (χ1) is 9.45. The molecule has 0 saturated carbocycles. The zero-order chi connectivity index (χ0) is 15.1. The molecule has 1 aromatic heterocycles. The molecule has 1 N–H and O–H groups in total. The molecule has 1 heterocycles. The third-order valence-electron chi connectivity index (χ3n) is 3.80. The van der Waals surface area contributed by atoms with Crippen molar-refractivity contribution in [3.05, 3.63) is 17.0 Å². The third-order valence-corrected chi connectivity index (χ3v) is 3.80. The highest BCUT2D eigenvalue weighted by Crippen LogP contribution is 2.13. The van der Waals surface area contributed by atoms with E-state index in [1.165, 1.54) is 17.0 Å². The summed E-state index contributed by atoms with van der Waals surface area (Å²) in [7, 11) is 2.20. The van der Waals surface area contributed by atoms with E-state index < -0.39 is 0 Å². The summed E-state index contributed by atoms with van der Waals surface area (Å²) in [6.45, 7) is 16.3. The normalized spacial score (nSPS) is 11.8. The Morgan fingerprint density at radius 2 is 1.95 bits per heavy atom. The van der Waals surface area contributed by atoms with Crippen LogP contribution in [0.3, 0.4) is 0 Å². The smallest absolute Gasteiger partial charge is 0.0628 e. The first-order valence-corrected chi connectivity index (χ1v) is 7.87. The van der Waals surface area contributed by atoms with Gasteiger partial charge in [0.25, 0.3) is 0 Å². The lowest BCUT2D eigenvalue weighted by Crippen LogP contribution is -2.32. The van der Waals surface area contributed by atoms with E-state index in [1.807, 2.05) is 0 Å². The SMILES string of the molecule is CCn1nc(C)c(CCN(C)CCNCC(C)C)c1C. The predicted molar refractivity (Wildman–Crippen MR) is 86.3 cm³/mol. The van der Waals surface area contributed by atoms with Gasteiger partial charge >= 0.3 is 0 Å². The van der Waals surface area contributed by atoms with Crippen molar-refractivity contribution < 1.29 is 0 Å². The lowest BCUT2D eigenvalue weighted by Gasteiger charge is -2.17. The molecule has 0 spiro atoms. The maximum atomic E-state index is 4.59. The highest BCUT2D eigenvalue weighted by atomic mass is 15.3. The summed E-state index contributed by atoms with van der Waals surface area (Å²) in [6, 6.07) is 0. The predicted octanol–water partition coefficient (Wildman–Crippen LogP) is 2.24. The van der Waals surface area contributed by atoms with Crippen molar-refractivity contribution in [1.29, 1.82) is 0 Å². The van der Waals surface area contributed by atoms with E-state index in [0.29, 0.717) is 0 Å². The Hall–Kier alpha value is -0.870. The van der Waals surface area contributed by atoms with Crippen molar-refractivity contribution in [2.75, 3.05) is 33.2 Å². The van der Waals surface area contributed by atoms with Crippen molar-refractivity contribution in [1.82, 2.24) is 20.0 Å². The molecule has 0 unspecified atom stereocenters. The highest BCUT2D eigenvalue weighted by Gasteiger charge is 2.11. The molecule has 0 fully saturated rings. The fraction of sp³-hybridized carbons (Fsp3) is 0.812. The number of hydrogen-bond acceptors (Lipinski definition) is 3. The van der Waals surface area contributed by atoms with E-state index in [1.54, 1.807) is 0 Å². The molecule has 1 aromatic rings. The quantitative estimate of drug-likeness (QED) is 0.704. The van der Waals surface area contributed by atoms with E-state index in [-0.39, 0.29) is 0 Å².